The van der Waals surface area contributed by atoms with E-state index in [1.807, 2.05) is 38.1 Å². The van der Waals surface area contributed by atoms with Crippen LogP contribution in [0.1, 0.15) is 51.5 Å². The number of carbonyl (C=O) groups excluding carboxylic acids is 1. The Kier molecular flexibility index (Phi) is 5.75. The van der Waals surface area contributed by atoms with Crippen LogP contribution in [0.2, 0.25) is 0 Å². The lowest BCUT2D eigenvalue weighted by Crippen LogP contribution is -2.08. The number of benzene rings is 1. The fourth-order valence-corrected chi connectivity index (χ4v) is 1.72. The third-order valence-corrected chi connectivity index (χ3v) is 2.83. The maximum Gasteiger partial charge on any atom is 0.140 e. The molecule has 2 heteroatoms. The molecule has 0 heterocycles. The Labute approximate surface area is 104 Å². The molecule has 0 saturated heterocycles. The number of Topliss-reactive ketones (excluding diaryl/α,β-unsaturated/α-hetero) is 1. The molecule has 0 amide bonds. The molecule has 0 spiro atoms. The Morgan fingerprint density at radius 3 is 2.35 bits per heavy atom. The highest BCUT2D eigenvalue weighted by atomic mass is 16.5. The van der Waals surface area contributed by atoms with E-state index < -0.39 is 0 Å². The molecular weight excluding hydrogens is 212 g/mol. The highest BCUT2D eigenvalue weighted by Crippen LogP contribution is 2.21. The standard InChI is InChI=1S/C15H22O2/c1-4-6-15(16)12(3)13-7-9-14(10-8-13)17-11-5-2/h7-10,12H,4-6,11H2,1-3H3. The number of hydrogen-bond donors (Lipinski definition) is 0. The highest BCUT2D eigenvalue weighted by molar-refractivity contribution is 5.85. The number of rotatable bonds is 7. The van der Waals surface area contributed by atoms with Crippen LogP contribution >= 0.6 is 0 Å². The molecule has 1 aromatic rings. The molecule has 0 aliphatic heterocycles. The average Bonchev–Trinajstić information content (AvgIpc) is 2.36. The van der Waals surface area contributed by atoms with Crippen LogP contribution in [0.15, 0.2) is 24.3 Å². The minimum absolute atomic E-state index is 0.00447. The fourth-order valence-electron chi connectivity index (χ4n) is 1.72. The van der Waals surface area contributed by atoms with Gasteiger partial charge in [0.25, 0.3) is 0 Å². The zero-order valence-corrected chi connectivity index (χ0v) is 11.0. The summed E-state index contributed by atoms with van der Waals surface area (Å²) in [5, 5.41) is 0. The highest BCUT2D eigenvalue weighted by Gasteiger charge is 2.13. The van der Waals surface area contributed by atoms with Crippen molar-refractivity contribution in [2.24, 2.45) is 0 Å². The van der Waals surface area contributed by atoms with Crippen molar-refractivity contribution in [2.45, 2.75) is 46.0 Å². The second-order valence-electron chi connectivity index (χ2n) is 4.36. The van der Waals surface area contributed by atoms with Crippen molar-refractivity contribution >= 4 is 5.78 Å². The van der Waals surface area contributed by atoms with Gasteiger partial charge in [-0.25, -0.2) is 0 Å². The molecule has 1 unspecified atom stereocenters. The Morgan fingerprint density at radius 1 is 1.18 bits per heavy atom. The van der Waals surface area contributed by atoms with Crippen molar-refractivity contribution in [2.75, 3.05) is 6.61 Å². The molecule has 0 saturated carbocycles. The van der Waals surface area contributed by atoms with E-state index in [0.29, 0.717) is 12.2 Å². The van der Waals surface area contributed by atoms with Gasteiger partial charge in [-0.15, -0.1) is 0 Å². The summed E-state index contributed by atoms with van der Waals surface area (Å²) in [6, 6.07) is 7.87. The van der Waals surface area contributed by atoms with Crippen molar-refractivity contribution < 1.29 is 9.53 Å². The fraction of sp³-hybridized carbons (Fsp3) is 0.533. The molecule has 1 aromatic carbocycles. The normalized spacial score (nSPS) is 12.2. The van der Waals surface area contributed by atoms with Crippen molar-refractivity contribution in [3.8, 4) is 5.75 Å². The van der Waals surface area contributed by atoms with Crippen molar-refractivity contribution in [1.82, 2.24) is 0 Å². The largest absolute Gasteiger partial charge is 0.494 e. The van der Waals surface area contributed by atoms with Gasteiger partial charge in [-0.05, 0) is 30.5 Å². The third-order valence-electron chi connectivity index (χ3n) is 2.83. The molecule has 1 rings (SSSR count). The number of carbonyl (C=O) groups is 1. The minimum atomic E-state index is -0.00447. The van der Waals surface area contributed by atoms with Gasteiger partial charge in [0.05, 0.1) is 6.61 Å². The van der Waals surface area contributed by atoms with Crippen LogP contribution in [-0.4, -0.2) is 12.4 Å². The Balaban J connectivity index is 2.63. The SMILES string of the molecule is CCCOc1ccc(C(C)C(=O)CCC)cc1. The maximum absolute atomic E-state index is 11.8. The molecule has 0 radical (unpaired) electrons. The lowest BCUT2D eigenvalue weighted by atomic mass is 9.94. The number of ketones is 1. The van der Waals surface area contributed by atoms with E-state index in [4.69, 9.17) is 4.74 Å². The second-order valence-corrected chi connectivity index (χ2v) is 4.36. The van der Waals surface area contributed by atoms with Crippen molar-refractivity contribution in [3.05, 3.63) is 29.8 Å². The molecule has 0 bridgehead atoms. The first-order valence-corrected chi connectivity index (χ1v) is 6.44. The predicted octanol–water partition coefficient (Wildman–Crippen LogP) is 3.95. The number of ether oxygens (including phenoxy) is 1. The quantitative estimate of drug-likeness (QED) is 0.714. The van der Waals surface area contributed by atoms with Gasteiger partial charge in [-0.1, -0.05) is 32.9 Å². The Morgan fingerprint density at radius 2 is 1.82 bits per heavy atom. The molecule has 2 nitrogen and oxygen atoms in total. The maximum atomic E-state index is 11.8. The molecular formula is C15H22O2. The summed E-state index contributed by atoms with van der Waals surface area (Å²) in [7, 11) is 0. The third kappa shape index (κ3) is 4.22. The molecule has 1 atom stereocenters. The van der Waals surface area contributed by atoms with Crippen molar-refractivity contribution in [1.29, 1.82) is 0 Å². The molecule has 0 aromatic heterocycles. The lowest BCUT2D eigenvalue weighted by molar-refractivity contribution is -0.120. The first-order valence-electron chi connectivity index (χ1n) is 6.44. The van der Waals surface area contributed by atoms with E-state index in [-0.39, 0.29) is 5.92 Å². The van der Waals surface area contributed by atoms with Gasteiger partial charge in [-0.2, -0.15) is 0 Å². The van der Waals surface area contributed by atoms with E-state index in [9.17, 15) is 4.79 Å². The van der Waals surface area contributed by atoms with Gasteiger partial charge >= 0.3 is 0 Å². The summed E-state index contributed by atoms with van der Waals surface area (Å²) in [4.78, 5) is 11.8. The first-order chi connectivity index (χ1) is 8.19. The van der Waals surface area contributed by atoms with Gasteiger partial charge in [0, 0.05) is 12.3 Å². The van der Waals surface area contributed by atoms with Gasteiger partial charge in [0.15, 0.2) is 0 Å². The Bertz CT molecular complexity index is 340. The Hall–Kier alpha value is -1.31. The molecule has 0 aliphatic rings. The molecule has 0 aliphatic carbocycles. The van der Waals surface area contributed by atoms with Crippen molar-refractivity contribution in [3.63, 3.8) is 0 Å². The first kappa shape index (κ1) is 13.8. The van der Waals surface area contributed by atoms with E-state index in [0.717, 1.165) is 30.8 Å². The van der Waals surface area contributed by atoms with Gasteiger partial charge in [0.1, 0.15) is 11.5 Å². The van der Waals surface area contributed by atoms with Crippen LogP contribution in [0.4, 0.5) is 0 Å². The van der Waals surface area contributed by atoms with Crippen LogP contribution in [0.25, 0.3) is 0 Å². The van der Waals surface area contributed by atoms with Crippen LogP contribution in [0, 0.1) is 0 Å². The van der Waals surface area contributed by atoms with Crippen LogP contribution in [0.5, 0.6) is 5.75 Å². The van der Waals surface area contributed by atoms with Gasteiger partial charge < -0.3 is 4.74 Å². The number of hydrogen-bond acceptors (Lipinski definition) is 2. The lowest BCUT2D eigenvalue weighted by Gasteiger charge is -2.11. The summed E-state index contributed by atoms with van der Waals surface area (Å²) in [5.41, 5.74) is 1.08. The zero-order valence-electron chi connectivity index (χ0n) is 11.0. The predicted molar refractivity (Wildman–Crippen MR) is 70.6 cm³/mol. The average molecular weight is 234 g/mol. The summed E-state index contributed by atoms with van der Waals surface area (Å²) >= 11 is 0. The van der Waals surface area contributed by atoms with E-state index in [1.54, 1.807) is 0 Å². The van der Waals surface area contributed by atoms with E-state index >= 15 is 0 Å². The molecule has 94 valence electrons. The smallest absolute Gasteiger partial charge is 0.140 e. The summed E-state index contributed by atoms with van der Waals surface area (Å²) in [6.45, 7) is 6.83. The van der Waals surface area contributed by atoms with Crippen LogP contribution in [-0.2, 0) is 4.79 Å². The van der Waals surface area contributed by atoms with E-state index in [1.165, 1.54) is 0 Å². The van der Waals surface area contributed by atoms with E-state index in [2.05, 4.69) is 6.92 Å². The minimum Gasteiger partial charge on any atom is -0.494 e. The summed E-state index contributed by atoms with van der Waals surface area (Å²) in [6.07, 6.45) is 2.59. The molecule has 0 fully saturated rings. The van der Waals surface area contributed by atoms with Crippen LogP contribution in [0.3, 0.4) is 0 Å². The monoisotopic (exact) mass is 234 g/mol. The van der Waals surface area contributed by atoms with Gasteiger partial charge in [-0.3, -0.25) is 4.79 Å². The molecule has 0 N–H and O–H groups in total. The molecule has 17 heavy (non-hydrogen) atoms. The topological polar surface area (TPSA) is 26.3 Å². The summed E-state index contributed by atoms with van der Waals surface area (Å²) in [5.74, 6) is 1.19. The zero-order chi connectivity index (χ0) is 12.7. The second kappa shape index (κ2) is 7.10. The van der Waals surface area contributed by atoms with Gasteiger partial charge in [0.2, 0.25) is 0 Å². The summed E-state index contributed by atoms with van der Waals surface area (Å²) < 4.78 is 5.51. The van der Waals surface area contributed by atoms with Crippen LogP contribution < -0.4 is 4.74 Å².